The zero-order chi connectivity index (χ0) is 104. The monoisotopic (exact) mass is 2320 g/mol. The van der Waals surface area contributed by atoms with Crippen LogP contribution in [0.25, 0.3) is 0 Å². The molecule has 0 radical (unpaired) electrons. The maximum atomic E-state index is 14.5. The molecule has 11 nitrogen and oxygen atoms in total. The summed E-state index contributed by atoms with van der Waals surface area (Å²) >= 11 is 0. The van der Waals surface area contributed by atoms with Crippen LogP contribution in [0.5, 0.6) is 34.5 Å². The number of carbonyl (C=O) groups excluding carboxylic acids is 1. The Labute approximate surface area is 881 Å². The van der Waals surface area contributed by atoms with Crippen molar-refractivity contribution in [1.82, 2.24) is 0 Å². The summed E-state index contributed by atoms with van der Waals surface area (Å²) < 4.78 is 9.67. The van der Waals surface area contributed by atoms with Crippen LogP contribution in [-0.2, 0) is 113 Å². The van der Waals surface area contributed by atoms with Gasteiger partial charge in [0.1, 0.15) is 0 Å². The number of carbonyl (C=O) groups is 1. The van der Waals surface area contributed by atoms with E-state index in [-0.39, 0.29) is 162 Å². The number of ether oxygens (including phenoxy) is 2. The average Bonchev–Trinajstić information content (AvgIpc) is 0.749. The molecule has 9 aromatic rings. The van der Waals surface area contributed by atoms with Crippen LogP contribution in [0.1, 0.15) is 449 Å². The van der Waals surface area contributed by atoms with Crippen molar-refractivity contribution in [2.45, 2.75) is 429 Å². The minimum absolute atomic E-state index is 0. The van der Waals surface area contributed by atoms with Crippen molar-refractivity contribution in [3.8, 4) is 34.5 Å². The van der Waals surface area contributed by atoms with Gasteiger partial charge in [0.15, 0.2) is 0 Å². The van der Waals surface area contributed by atoms with Crippen LogP contribution in [0.2, 0.25) is 0 Å². The molecule has 0 unspecified atom stereocenters. The van der Waals surface area contributed by atoms with Crippen LogP contribution in [-0.4, -0.2) is 32.6 Å². The van der Waals surface area contributed by atoms with Crippen molar-refractivity contribution >= 4 is 6.16 Å². The van der Waals surface area contributed by atoms with E-state index in [0.717, 1.165) is 193 Å². The van der Waals surface area contributed by atoms with Crippen molar-refractivity contribution in [2.75, 3.05) is 26.4 Å². The summed E-state index contributed by atoms with van der Waals surface area (Å²) in [5.41, 5.74) is 28.6. The molecule has 0 saturated carbocycles. The van der Waals surface area contributed by atoms with Gasteiger partial charge in [0.05, 0.1) is 0 Å². The maximum absolute atomic E-state index is 14.5. The van der Waals surface area contributed by atoms with Gasteiger partial charge in [-0.1, -0.05) is 391 Å². The van der Waals surface area contributed by atoms with Crippen LogP contribution in [0.3, 0.4) is 0 Å². The Kier molecular flexibility index (Phi) is 45.0. The van der Waals surface area contributed by atoms with Crippen molar-refractivity contribution in [2.24, 2.45) is 0 Å². The van der Waals surface area contributed by atoms with E-state index in [9.17, 15) is 30.6 Å². The summed E-state index contributed by atoms with van der Waals surface area (Å²) in [5.74, 6) is 0.595. The second kappa shape index (κ2) is 48.9. The summed E-state index contributed by atoms with van der Waals surface area (Å²) in [5, 5.41) is 104. The van der Waals surface area contributed by atoms with Gasteiger partial charge in [-0.25, -0.2) is 0 Å². The van der Waals surface area contributed by atoms with E-state index in [1.54, 1.807) is 0 Å². The fourth-order valence-electron chi connectivity index (χ4n) is 17.3. The molecule has 0 saturated heterocycles. The van der Waals surface area contributed by atoms with Crippen LogP contribution in [0.15, 0.2) is 103 Å². The average molecular weight is 2320 g/mol. The van der Waals surface area contributed by atoms with E-state index in [1.165, 1.54) is 5.56 Å². The van der Waals surface area contributed by atoms with Gasteiger partial charge in [0.2, 0.25) is 0 Å². The SMILES string of the molecule is CCOCC.CCOCC.Cc1c(Cc2cc(C(C)(C)C)cc(C(C)(C)C)c2[O-])c(C)c(Cc2cc(C(C)(C)C)cc(C(C)(C)C)c2[O-])c(C)c1Cc1cc(C(C)(C)C)cc(C(C)(C)C)c1[O-].Cc1c(Cc2cc(C(C)(C)C)cc(C(C)(C)C)c2[O-])c(C)c(Cc2cc(C(C)(C)C)cc(C(C)(C)C)c2[O-])c(C)c1Cc1cc(C(C)(C)C)cc(C(C)(C)C)c1[O-].Cc1ccccc1.O=C([O-])[O-].[U+4].[U+4]. The summed E-state index contributed by atoms with van der Waals surface area (Å²) in [6.07, 6.45) is 0.517. The van der Waals surface area contributed by atoms with Gasteiger partial charge in [0, 0.05) is 26.4 Å². The maximum Gasteiger partial charge on any atom is 4.00 e. The molecule has 9 rings (SSSR count). The Hall–Kier alpha value is -6.93. The van der Waals surface area contributed by atoms with Crippen LogP contribution < -0.4 is 40.9 Å². The third-order valence-electron chi connectivity index (χ3n) is 26.4. The first-order chi connectivity index (χ1) is 61.0. The van der Waals surface area contributed by atoms with Crippen LogP contribution in [0.4, 0.5) is 4.79 Å². The molecule has 0 amide bonds. The van der Waals surface area contributed by atoms with Gasteiger partial charge >= 0.3 is 62.2 Å². The molecule has 748 valence electrons. The number of benzene rings is 9. The van der Waals surface area contributed by atoms with Crippen LogP contribution >= 0.6 is 0 Å². The Morgan fingerprint density at radius 3 is 0.431 bits per heavy atom. The molecule has 0 aliphatic heterocycles. The van der Waals surface area contributed by atoms with Gasteiger partial charge in [-0.2, -0.15) is 0 Å². The van der Waals surface area contributed by atoms with Crippen molar-refractivity contribution < 1.29 is 117 Å². The molecule has 137 heavy (non-hydrogen) atoms. The van der Waals surface area contributed by atoms with E-state index in [0.29, 0.717) is 38.5 Å². The Morgan fingerprint density at radius 1 is 0.226 bits per heavy atom. The van der Waals surface area contributed by atoms with Gasteiger partial charge in [0.25, 0.3) is 0 Å². The molecule has 0 N–H and O–H groups in total. The molecule has 0 bridgehead atoms. The molecule has 0 aliphatic carbocycles. The molecule has 0 aromatic heterocycles. The standard InChI is InChI=1S/2C54H78O3.C7H8.2C4H10O.CH2O3.2U/c2*1-31-40(25-34-22-37(49(4,5)6)28-43(46(34)55)52(13,14)15)32(2)42(27-36-24-39(51(10,11)12)30-45(48(36)57)54(19,20)21)33(3)41(31)26-35-23-38(50(7,8)9)29-44(47(35)56)53(16,17)18;1-7-5-3-2-4-6-7;2*1-3-5-4-2;2-1(3)4;;/h2*22-24,28-30,55-57H,25-27H2,1-21H3;2-6H,1H3;2*3-4H2,1-2H3;(H2,2,3,4);;/q;;;;;;2*+4/p-8. The molecule has 0 heterocycles. The molecule has 0 fully saturated rings. The van der Waals surface area contributed by atoms with Crippen molar-refractivity contribution in [3.05, 3.63) is 276 Å². The molecule has 0 spiro atoms. The first-order valence-corrected chi connectivity index (χ1v) is 49.4. The zero-order valence-electron chi connectivity index (χ0n) is 94.4. The van der Waals surface area contributed by atoms with Crippen molar-refractivity contribution in [3.63, 3.8) is 0 Å². The summed E-state index contributed by atoms with van der Waals surface area (Å²) in [6.45, 7) is 104. The largest absolute Gasteiger partial charge is 4.00 e. The number of rotatable bonds is 16. The number of hydrogen-bond donors (Lipinski definition) is 0. The van der Waals surface area contributed by atoms with Crippen molar-refractivity contribution in [1.29, 1.82) is 0 Å². The summed E-state index contributed by atoms with van der Waals surface area (Å²) in [4.78, 5) is 8.33. The third kappa shape index (κ3) is 34.7. The van der Waals surface area contributed by atoms with E-state index >= 15 is 0 Å². The Bertz CT molecular complexity index is 4670. The first-order valence-electron chi connectivity index (χ1n) is 49.4. The fraction of sp³-hybridized carbons (Fsp3) is 0.556. The Morgan fingerprint density at radius 2 is 0.350 bits per heavy atom. The van der Waals surface area contributed by atoms with E-state index < -0.39 is 6.16 Å². The number of aryl methyl sites for hydroxylation is 1. The normalized spacial score (nSPS) is 12.4. The third-order valence-corrected chi connectivity index (χ3v) is 26.4. The molecule has 0 atom stereocenters. The molecular weight excluding hydrogens is 2140 g/mol. The summed E-state index contributed by atoms with van der Waals surface area (Å²) in [6, 6.07) is 35.8. The number of hydrogen-bond acceptors (Lipinski definition) is 11. The number of carboxylic acid groups (broad SMARTS) is 2. The second-order valence-electron chi connectivity index (χ2n) is 50.2. The van der Waals surface area contributed by atoms with E-state index in [4.69, 9.17) is 24.5 Å². The van der Waals surface area contributed by atoms with Gasteiger partial charge in [-0.3, -0.25) is 0 Å². The smallest absolute Gasteiger partial charge is 0.872 e. The topological polar surface area (TPSA) is 220 Å². The molecular formula is C124H178O11U2. The first kappa shape index (κ1) is 126. The predicted octanol–water partition coefficient (Wildman–Crippen LogP) is 26.4. The summed E-state index contributed by atoms with van der Waals surface area (Å²) in [7, 11) is 0. The van der Waals surface area contributed by atoms with E-state index in [1.807, 2.05) is 45.9 Å². The van der Waals surface area contributed by atoms with Gasteiger partial charge < -0.3 is 55.1 Å². The predicted molar refractivity (Wildman–Crippen MR) is 559 cm³/mol. The van der Waals surface area contributed by atoms with Crippen LogP contribution in [0, 0.1) is 111 Å². The van der Waals surface area contributed by atoms with E-state index in [2.05, 4.69) is 383 Å². The zero-order valence-corrected chi connectivity index (χ0v) is 103. The van der Waals surface area contributed by atoms with Gasteiger partial charge in [-0.15, -0.1) is 34.5 Å². The second-order valence-corrected chi connectivity index (χ2v) is 50.2. The molecule has 0 aliphatic rings. The van der Waals surface area contributed by atoms with Gasteiger partial charge in [-0.05, 0) is 319 Å². The fourth-order valence-corrected chi connectivity index (χ4v) is 17.3. The Balaban J connectivity index is 0.000000753. The molecule has 13 heteroatoms. The molecule has 9 aromatic carbocycles. The minimum atomic E-state index is -2.33. The quantitative estimate of drug-likeness (QED) is 0.0885. The minimum Gasteiger partial charge on any atom is -0.872 e.